The highest BCUT2D eigenvalue weighted by Crippen LogP contribution is 2.36. The lowest BCUT2D eigenvalue weighted by Gasteiger charge is -2.19. The number of rotatable bonds is 17. The van der Waals surface area contributed by atoms with Crippen LogP contribution in [0.3, 0.4) is 0 Å². The van der Waals surface area contributed by atoms with Gasteiger partial charge in [-0.2, -0.15) is 0 Å². The highest BCUT2D eigenvalue weighted by molar-refractivity contribution is 6.32. The molecular weight excluding hydrogens is 636 g/mol. The normalized spacial score (nSPS) is 17.3. The molecule has 0 spiro atoms. The Morgan fingerprint density at radius 2 is 1.61 bits per heavy atom. The minimum atomic E-state index is 0.376. The molecule has 2 saturated heterocycles. The molecule has 6 rings (SSSR count). The van der Waals surface area contributed by atoms with Gasteiger partial charge in [0.15, 0.2) is 0 Å². The van der Waals surface area contributed by atoms with Gasteiger partial charge in [0, 0.05) is 80.7 Å². The van der Waals surface area contributed by atoms with Crippen LogP contribution in [0.25, 0.3) is 11.1 Å². The predicted molar refractivity (Wildman–Crippen MR) is 196 cm³/mol. The van der Waals surface area contributed by atoms with Crippen molar-refractivity contribution in [3.63, 3.8) is 0 Å². The van der Waals surface area contributed by atoms with E-state index in [9.17, 15) is 0 Å². The molecule has 8 nitrogen and oxygen atoms in total. The number of likely N-dealkylation sites (tertiary alicyclic amines) is 1. The van der Waals surface area contributed by atoms with Crippen LogP contribution in [0.2, 0.25) is 5.02 Å². The van der Waals surface area contributed by atoms with Crippen molar-refractivity contribution in [2.45, 2.75) is 40.0 Å². The minimum absolute atomic E-state index is 0.376. The van der Waals surface area contributed by atoms with Crippen molar-refractivity contribution in [3.8, 4) is 28.4 Å². The van der Waals surface area contributed by atoms with Crippen LogP contribution in [0, 0.1) is 25.7 Å². The summed E-state index contributed by atoms with van der Waals surface area (Å²) in [7, 11) is 1.94. The molecule has 2 N–H and O–H groups in total. The van der Waals surface area contributed by atoms with Crippen LogP contribution in [0.1, 0.15) is 34.2 Å². The second-order valence-corrected chi connectivity index (χ2v) is 13.6. The number of hydrogen-bond donors (Lipinski definition) is 2. The van der Waals surface area contributed by atoms with Crippen molar-refractivity contribution in [1.82, 2.24) is 20.5 Å². The molecule has 2 aliphatic rings. The average Bonchev–Trinajstić information content (AvgIpc) is 3.72. The predicted octanol–water partition coefficient (Wildman–Crippen LogP) is 6.83. The maximum Gasteiger partial charge on any atom is 0.142 e. The van der Waals surface area contributed by atoms with Crippen LogP contribution in [0.5, 0.6) is 17.2 Å². The van der Waals surface area contributed by atoms with Crippen molar-refractivity contribution in [1.29, 1.82) is 0 Å². The second kappa shape index (κ2) is 17.3. The molecule has 0 saturated carbocycles. The number of ether oxygens (including phenoxy) is 4. The van der Waals surface area contributed by atoms with Gasteiger partial charge in [-0.3, -0.25) is 4.98 Å². The van der Waals surface area contributed by atoms with Crippen LogP contribution in [0.4, 0.5) is 0 Å². The van der Waals surface area contributed by atoms with Crippen molar-refractivity contribution in [3.05, 3.63) is 106 Å². The zero-order chi connectivity index (χ0) is 34.0. The Hall–Kier alpha value is -3.66. The fourth-order valence-electron chi connectivity index (χ4n) is 6.83. The van der Waals surface area contributed by atoms with E-state index in [0.29, 0.717) is 37.1 Å². The van der Waals surface area contributed by atoms with Gasteiger partial charge < -0.3 is 34.5 Å². The van der Waals surface area contributed by atoms with Crippen molar-refractivity contribution in [2.24, 2.45) is 11.8 Å². The van der Waals surface area contributed by atoms with Gasteiger partial charge in [0.2, 0.25) is 0 Å². The quantitative estimate of drug-likeness (QED) is 0.117. The summed E-state index contributed by atoms with van der Waals surface area (Å²) in [5.74, 6) is 3.70. The molecule has 9 heteroatoms. The number of hydrogen-bond acceptors (Lipinski definition) is 8. The molecule has 1 aromatic heterocycles. The highest BCUT2D eigenvalue weighted by atomic mass is 35.5. The standard InChI is InChI=1S/C40H49ClN4O4/c1-28-31(27-49-40-19-39(48-24-30-8-6-13-43-20-30)32(18-37(40)41)21-44-15-14-42-3)9-4-10-35(28)36-11-5-12-38(29(36)2)47-17-7-16-45-22-33-25-46-26-34(33)23-45/h4-6,8-13,18-20,33-34,42,44H,7,14-17,21-27H2,1-3H3. The molecule has 2 unspecified atom stereocenters. The first kappa shape index (κ1) is 35.2. The van der Waals surface area contributed by atoms with E-state index in [-0.39, 0.29) is 0 Å². The zero-order valence-electron chi connectivity index (χ0n) is 29.0. The lowest BCUT2D eigenvalue weighted by atomic mass is 9.93. The fourth-order valence-corrected chi connectivity index (χ4v) is 7.07. The number of aromatic nitrogens is 1. The van der Waals surface area contributed by atoms with Gasteiger partial charge in [-0.1, -0.05) is 48.0 Å². The van der Waals surface area contributed by atoms with E-state index in [1.165, 1.54) is 16.7 Å². The lowest BCUT2D eigenvalue weighted by Crippen LogP contribution is -2.25. The molecule has 49 heavy (non-hydrogen) atoms. The molecule has 2 aliphatic heterocycles. The third kappa shape index (κ3) is 9.12. The lowest BCUT2D eigenvalue weighted by molar-refractivity contribution is 0.152. The highest BCUT2D eigenvalue weighted by Gasteiger charge is 2.36. The van der Waals surface area contributed by atoms with Gasteiger partial charge in [-0.15, -0.1) is 0 Å². The Morgan fingerprint density at radius 3 is 2.39 bits per heavy atom. The van der Waals surface area contributed by atoms with Gasteiger partial charge in [0.05, 0.1) is 24.8 Å². The molecule has 2 fully saturated rings. The van der Waals surface area contributed by atoms with E-state index in [4.69, 9.17) is 30.5 Å². The molecule has 260 valence electrons. The summed E-state index contributed by atoms with van der Waals surface area (Å²) in [6.07, 6.45) is 4.59. The topological polar surface area (TPSA) is 77.1 Å². The molecule has 0 aliphatic carbocycles. The summed E-state index contributed by atoms with van der Waals surface area (Å²) in [6, 6.07) is 20.5. The molecule has 3 aromatic carbocycles. The number of nitrogens with zero attached hydrogens (tertiary/aromatic N) is 2. The Labute approximate surface area is 296 Å². The largest absolute Gasteiger partial charge is 0.493 e. The fraction of sp³-hybridized carbons (Fsp3) is 0.425. The zero-order valence-corrected chi connectivity index (χ0v) is 29.7. The van der Waals surface area contributed by atoms with Gasteiger partial charge in [-0.25, -0.2) is 0 Å². The molecule has 0 radical (unpaired) electrons. The van der Waals surface area contributed by atoms with Gasteiger partial charge in [0.25, 0.3) is 0 Å². The molecule has 3 heterocycles. The van der Waals surface area contributed by atoms with Crippen LogP contribution in [-0.4, -0.2) is 69.5 Å². The number of pyridine rings is 1. The van der Waals surface area contributed by atoms with E-state index in [2.05, 4.69) is 70.8 Å². The van der Waals surface area contributed by atoms with E-state index >= 15 is 0 Å². The number of halogens is 1. The third-order valence-corrected chi connectivity index (χ3v) is 9.99. The van der Waals surface area contributed by atoms with Crippen LogP contribution in [0.15, 0.2) is 73.1 Å². The summed E-state index contributed by atoms with van der Waals surface area (Å²) < 4.78 is 24.6. The summed E-state index contributed by atoms with van der Waals surface area (Å²) in [4.78, 5) is 6.79. The summed E-state index contributed by atoms with van der Waals surface area (Å²) in [6.45, 7) is 13.4. The summed E-state index contributed by atoms with van der Waals surface area (Å²) in [5, 5.41) is 7.16. The molecular formula is C40H49ClN4O4. The summed E-state index contributed by atoms with van der Waals surface area (Å²) in [5.41, 5.74) is 7.71. The van der Waals surface area contributed by atoms with Crippen LogP contribution >= 0.6 is 11.6 Å². The van der Waals surface area contributed by atoms with Crippen LogP contribution in [-0.2, 0) is 24.5 Å². The van der Waals surface area contributed by atoms with Gasteiger partial charge in [-0.05, 0) is 73.3 Å². The number of benzene rings is 3. The first-order valence-corrected chi connectivity index (χ1v) is 17.8. The van der Waals surface area contributed by atoms with E-state index in [1.807, 2.05) is 37.5 Å². The molecule has 4 aromatic rings. The number of fused-ring (bicyclic) bond motifs is 1. The van der Waals surface area contributed by atoms with Crippen LogP contribution < -0.4 is 24.8 Å². The van der Waals surface area contributed by atoms with E-state index < -0.39 is 0 Å². The molecule has 0 amide bonds. The number of likely N-dealkylation sites (N-methyl/N-ethyl adjacent to an activating group) is 1. The van der Waals surface area contributed by atoms with E-state index in [0.717, 1.165) is 97.9 Å². The summed E-state index contributed by atoms with van der Waals surface area (Å²) >= 11 is 6.79. The average molecular weight is 685 g/mol. The van der Waals surface area contributed by atoms with E-state index in [1.54, 1.807) is 6.20 Å². The first-order chi connectivity index (χ1) is 24.0. The monoisotopic (exact) mass is 684 g/mol. The Morgan fingerprint density at radius 1 is 0.837 bits per heavy atom. The van der Waals surface area contributed by atoms with Crippen molar-refractivity contribution in [2.75, 3.05) is 59.6 Å². The smallest absolute Gasteiger partial charge is 0.142 e. The van der Waals surface area contributed by atoms with Gasteiger partial charge >= 0.3 is 0 Å². The Balaban J connectivity index is 1.10. The second-order valence-electron chi connectivity index (χ2n) is 13.1. The Bertz CT molecular complexity index is 1660. The first-order valence-electron chi connectivity index (χ1n) is 17.4. The maximum atomic E-state index is 6.79. The minimum Gasteiger partial charge on any atom is -0.493 e. The SMILES string of the molecule is CNCCNCc1cc(Cl)c(OCc2cccc(-c3cccc(OCCCN4CC5COCC5C4)c3C)c2C)cc1OCc1cccnc1. The molecule has 2 atom stereocenters. The van der Waals surface area contributed by atoms with Crippen molar-refractivity contribution >= 4 is 11.6 Å². The van der Waals surface area contributed by atoms with Gasteiger partial charge in [0.1, 0.15) is 30.5 Å². The van der Waals surface area contributed by atoms with Crippen molar-refractivity contribution < 1.29 is 18.9 Å². The maximum absolute atomic E-state index is 6.79. The Kier molecular flexibility index (Phi) is 12.4. The third-order valence-electron chi connectivity index (χ3n) is 9.69. The molecule has 0 bridgehead atoms. The number of nitrogens with one attached hydrogen (secondary N) is 2.